The molecule has 0 N–H and O–H groups in total. The predicted molar refractivity (Wildman–Crippen MR) is 82.2 cm³/mol. The predicted octanol–water partition coefficient (Wildman–Crippen LogP) is 2.59. The Labute approximate surface area is 129 Å². The monoisotopic (exact) mass is 295 g/mol. The number of nitriles is 1. The Bertz CT molecular complexity index is 737. The average Bonchev–Trinajstić information content (AvgIpc) is 3.23. The van der Waals surface area contributed by atoms with E-state index in [0.717, 1.165) is 31.6 Å². The van der Waals surface area contributed by atoms with Crippen LogP contribution in [0.2, 0.25) is 0 Å². The maximum atomic E-state index is 12.8. The van der Waals surface area contributed by atoms with E-state index in [4.69, 9.17) is 4.74 Å². The van der Waals surface area contributed by atoms with Gasteiger partial charge in [-0.2, -0.15) is 5.26 Å². The van der Waals surface area contributed by atoms with Crippen LogP contribution in [0.3, 0.4) is 0 Å². The van der Waals surface area contributed by atoms with Gasteiger partial charge in [0.25, 0.3) is 5.91 Å². The van der Waals surface area contributed by atoms with E-state index >= 15 is 0 Å². The lowest BCUT2D eigenvalue weighted by Crippen LogP contribution is -2.30. The third kappa shape index (κ3) is 2.44. The molecule has 3 rings (SSSR count). The molecular weight excluding hydrogens is 278 g/mol. The van der Waals surface area contributed by atoms with Gasteiger partial charge in [0, 0.05) is 31.0 Å². The maximum Gasteiger partial charge on any atom is 0.272 e. The Morgan fingerprint density at radius 1 is 1.27 bits per heavy atom. The van der Waals surface area contributed by atoms with Crippen LogP contribution in [0.15, 0.2) is 36.5 Å². The highest BCUT2D eigenvalue weighted by atomic mass is 16.5. The van der Waals surface area contributed by atoms with Gasteiger partial charge in [-0.3, -0.25) is 4.79 Å². The molecule has 5 heteroatoms. The molecular formula is C17H17N3O2. The number of carbonyl (C=O) groups is 1. The van der Waals surface area contributed by atoms with Crippen LogP contribution in [0, 0.1) is 11.3 Å². The van der Waals surface area contributed by atoms with Gasteiger partial charge in [-0.25, -0.2) is 0 Å². The molecule has 0 saturated carbocycles. The molecule has 1 aliphatic heterocycles. The van der Waals surface area contributed by atoms with Gasteiger partial charge in [-0.1, -0.05) is 6.07 Å². The lowest BCUT2D eigenvalue weighted by Gasteiger charge is -2.17. The first-order valence-electron chi connectivity index (χ1n) is 7.29. The summed E-state index contributed by atoms with van der Waals surface area (Å²) in [4.78, 5) is 14.6. The number of nitrogens with zero attached hydrogens (tertiary/aromatic N) is 3. The molecule has 1 aromatic carbocycles. The molecule has 0 atom stereocenters. The van der Waals surface area contributed by atoms with Crippen molar-refractivity contribution in [2.45, 2.75) is 12.8 Å². The molecule has 1 fully saturated rings. The molecule has 0 aliphatic carbocycles. The van der Waals surface area contributed by atoms with Crippen molar-refractivity contribution in [2.75, 3.05) is 20.2 Å². The first-order valence-corrected chi connectivity index (χ1v) is 7.29. The average molecular weight is 295 g/mol. The van der Waals surface area contributed by atoms with E-state index in [2.05, 4.69) is 6.07 Å². The zero-order chi connectivity index (χ0) is 15.5. The van der Waals surface area contributed by atoms with E-state index < -0.39 is 0 Å². The van der Waals surface area contributed by atoms with E-state index in [1.807, 2.05) is 29.2 Å². The summed E-state index contributed by atoms with van der Waals surface area (Å²) in [6, 6.07) is 11.3. The van der Waals surface area contributed by atoms with Crippen LogP contribution in [0.25, 0.3) is 5.69 Å². The summed E-state index contributed by atoms with van der Waals surface area (Å²) in [6.07, 6.45) is 3.80. The van der Waals surface area contributed by atoms with Crippen molar-refractivity contribution < 1.29 is 9.53 Å². The summed E-state index contributed by atoms with van der Waals surface area (Å²) in [6.45, 7) is 1.51. The summed E-state index contributed by atoms with van der Waals surface area (Å²) in [7, 11) is 1.60. The zero-order valence-corrected chi connectivity index (χ0v) is 12.5. The number of rotatable bonds is 3. The minimum Gasteiger partial charge on any atom is -0.497 e. The number of aromatic nitrogens is 1. The summed E-state index contributed by atoms with van der Waals surface area (Å²) in [5, 5.41) is 9.31. The van der Waals surface area contributed by atoms with Gasteiger partial charge in [-0.05, 0) is 31.0 Å². The van der Waals surface area contributed by atoms with Crippen molar-refractivity contribution in [3.05, 3.63) is 47.8 Å². The fourth-order valence-corrected chi connectivity index (χ4v) is 2.79. The van der Waals surface area contributed by atoms with Crippen molar-refractivity contribution in [3.63, 3.8) is 0 Å². The SMILES string of the molecule is COc1cccc(-n2ccc(C#N)c2C(=O)N2CCCC2)c1. The van der Waals surface area contributed by atoms with Crippen LogP contribution in [0.5, 0.6) is 5.75 Å². The van der Waals surface area contributed by atoms with Crippen molar-refractivity contribution in [1.29, 1.82) is 5.26 Å². The highest BCUT2D eigenvalue weighted by Crippen LogP contribution is 2.23. The fraction of sp³-hybridized carbons (Fsp3) is 0.294. The molecule has 2 heterocycles. The second-order valence-electron chi connectivity index (χ2n) is 5.26. The van der Waals surface area contributed by atoms with Gasteiger partial charge in [0.1, 0.15) is 17.5 Å². The summed E-state index contributed by atoms with van der Waals surface area (Å²) in [5.74, 6) is 0.631. The van der Waals surface area contributed by atoms with Gasteiger partial charge in [-0.15, -0.1) is 0 Å². The Morgan fingerprint density at radius 3 is 2.73 bits per heavy atom. The number of ether oxygens (including phenoxy) is 1. The number of methoxy groups -OCH3 is 1. The third-order valence-corrected chi connectivity index (χ3v) is 3.93. The standard InChI is InChI=1S/C17H17N3O2/c1-22-15-6-4-5-14(11-15)20-10-7-13(12-18)16(20)17(21)19-8-2-3-9-19/h4-7,10-11H,2-3,8-9H2,1H3. The number of carbonyl (C=O) groups excluding carboxylic acids is 1. The number of hydrogen-bond acceptors (Lipinski definition) is 3. The Kier molecular flexibility index (Phi) is 3.84. The lowest BCUT2D eigenvalue weighted by atomic mass is 10.2. The topological polar surface area (TPSA) is 58.3 Å². The highest BCUT2D eigenvalue weighted by Gasteiger charge is 2.25. The normalized spacial score (nSPS) is 13.9. The van der Waals surface area contributed by atoms with Crippen molar-refractivity contribution in [1.82, 2.24) is 9.47 Å². The Balaban J connectivity index is 2.06. The summed E-state index contributed by atoms with van der Waals surface area (Å²) in [5.41, 5.74) is 1.64. The second kappa shape index (κ2) is 5.94. The fourth-order valence-electron chi connectivity index (χ4n) is 2.79. The first-order chi connectivity index (χ1) is 10.7. The minimum absolute atomic E-state index is 0.0816. The van der Waals surface area contributed by atoms with Crippen LogP contribution in [0.1, 0.15) is 28.9 Å². The second-order valence-corrected chi connectivity index (χ2v) is 5.26. The number of hydrogen-bond donors (Lipinski definition) is 0. The maximum absolute atomic E-state index is 12.8. The molecule has 0 radical (unpaired) electrons. The van der Waals surface area contributed by atoms with E-state index in [1.165, 1.54) is 0 Å². The van der Waals surface area contributed by atoms with Gasteiger partial charge >= 0.3 is 0 Å². The van der Waals surface area contributed by atoms with Gasteiger partial charge < -0.3 is 14.2 Å². The molecule has 5 nitrogen and oxygen atoms in total. The van der Waals surface area contributed by atoms with Crippen LogP contribution in [-0.2, 0) is 0 Å². The largest absolute Gasteiger partial charge is 0.497 e. The molecule has 1 amide bonds. The van der Waals surface area contributed by atoms with Crippen molar-refractivity contribution in [2.24, 2.45) is 0 Å². The smallest absolute Gasteiger partial charge is 0.272 e. The van der Waals surface area contributed by atoms with Crippen molar-refractivity contribution in [3.8, 4) is 17.5 Å². The summed E-state index contributed by atoms with van der Waals surface area (Å²) < 4.78 is 7.00. The van der Waals surface area contributed by atoms with E-state index in [0.29, 0.717) is 17.0 Å². The summed E-state index contributed by atoms with van der Waals surface area (Å²) >= 11 is 0. The molecule has 1 saturated heterocycles. The molecule has 1 aliphatic rings. The van der Waals surface area contributed by atoms with Gasteiger partial charge in [0.05, 0.1) is 12.7 Å². The van der Waals surface area contributed by atoms with Crippen molar-refractivity contribution >= 4 is 5.91 Å². The molecule has 0 unspecified atom stereocenters. The molecule has 22 heavy (non-hydrogen) atoms. The third-order valence-electron chi connectivity index (χ3n) is 3.93. The lowest BCUT2D eigenvalue weighted by molar-refractivity contribution is 0.0784. The minimum atomic E-state index is -0.0816. The molecule has 0 bridgehead atoms. The van der Waals surface area contributed by atoms with Gasteiger partial charge in [0.15, 0.2) is 0 Å². The number of amides is 1. The molecule has 1 aromatic heterocycles. The molecule has 112 valence electrons. The highest BCUT2D eigenvalue weighted by molar-refractivity contribution is 5.96. The van der Waals surface area contributed by atoms with E-state index in [-0.39, 0.29) is 5.91 Å². The number of likely N-dealkylation sites (tertiary alicyclic amines) is 1. The Morgan fingerprint density at radius 2 is 2.05 bits per heavy atom. The van der Waals surface area contributed by atoms with Crippen LogP contribution >= 0.6 is 0 Å². The van der Waals surface area contributed by atoms with Crippen LogP contribution in [0.4, 0.5) is 0 Å². The first kappa shape index (κ1) is 14.2. The van der Waals surface area contributed by atoms with E-state index in [1.54, 1.807) is 23.9 Å². The molecule has 2 aromatic rings. The van der Waals surface area contributed by atoms with E-state index in [9.17, 15) is 10.1 Å². The van der Waals surface area contributed by atoms with Gasteiger partial charge in [0.2, 0.25) is 0 Å². The quantitative estimate of drug-likeness (QED) is 0.874. The van der Waals surface area contributed by atoms with Crippen LogP contribution < -0.4 is 4.74 Å². The molecule has 0 spiro atoms. The number of benzene rings is 1. The zero-order valence-electron chi connectivity index (χ0n) is 12.5. The van der Waals surface area contributed by atoms with Crippen LogP contribution in [-0.4, -0.2) is 35.6 Å². The Hall–Kier alpha value is -2.74.